The van der Waals surface area contributed by atoms with Crippen LogP contribution in [0.4, 0.5) is 0 Å². The molecule has 2 N–H and O–H groups in total. The molecule has 2 bridgehead atoms. The fourth-order valence-electron chi connectivity index (χ4n) is 3.98. The Balaban J connectivity index is 1.56. The largest absolute Gasteiger partial charge is 0.346 e. The molecule has 1 amide bonds. The first-order valence-corrected chi connectivity index (χ1v) is 7.70. The lowest BCUT2D eigenvalue weighted by Crippen LogP contribution is -2.53. The molecule has 2 aliphatic heterocycles. The quantitative estimate of drug-likeness (QED) is 0.885. The van der Waals surface area contributed by atoms with Crippen molar-refractivity contribution >= 4 is 16.8 Å². The molecule has 2 saturated heterocycles. The number of carbonyl (C=O) groups is 1. The average Bonchev–Trinajstić information content (AvgIpc) is 3.01. The summed E-state index contributed by atoms with van der Waals surface area (Å²) in [6, 6.07) is 9.20. The zero-order valence-electron chi connectivity index (χ0n) is 12.2. The number of piperidine rings is 1. The van der Waals surface area contributed by atoms with E-state index in [1.807, 2.05) is 24.3 Å². The molecule has 2 fully saturated rings. The number of aromatic nitrogens is 2. The van der Waals surface area contributed by atoms with Gasteiger partial charge in [-0.3, -0.25) is 14.8 Å². The molecule has 0 radical (unpaired) electrons. The molecule has 3 atom stereocenters. The molecule has 21 heavy (non-hydrogen) atoms. The maximum absolute atomic E-state index is 12.6. The maximum atomic E-state index is 12.6. The van der Waals surface area contributed by atoms with Crippen LogP contribution in [0.3, 0.4) is 0 Å². The summed E-state index contributed by atoms with van der Waals surface area (Å²) in [6.45, 7) is 0. The van der Waals surface area contributed by atoms with Gasteiger partial charge in [0.2, 0.25) is 0 Å². The Labute approximate surface area is 123 Å². The van der Waals surface area contributed by atoms with Crippen LogP contribution >= 0.6 is 0 Å². The second-order valence-electron chi connectivity index (χ2n) is 6.24. The second-order valence-corrected chi connectivity index (χ2v) is 6.24. The molecule has 0 aliphatic carbocycles. The zero-order valence-corrected chi connectivity index (χ0v) is 12.2. The highest BCUT2D eigenvalue weighted by Crippen LogP contribution is 2.34. The van der Waals surface area contributed by atoms with Gasteiger partial charge < -0.3 is 5.32 Å². The summed E-state index contributed by atoms with van der Waals surface area (Å²) in [5.74, 6) is -0.0591. The lowest BCUT2D eigenvalue weighted by atomic mass is 9.97. The molecule has 4 rings (SSSR count). The molecule has 1 aromatic heterocycles. The third kappa shape index (κ3) is 2.03. The topological polar surface area (TPSA) is 61.0 Å². The van der Waals surface area contributed by atoms with Crippen molar-refractivity contribution in [2.45, 2.75) is 43.8 Å². The van der Waals surface area contributed by atoms with Gasteiger partial charge in [0, 0.05) is 23.5 Å². The van der Waals surface area contributed by atoms with Gasteiger partial charge in [-0.2, -0.15) is 5.10 Å². The van der Waals surface area contributed by atoms with E-state index in [0.717, 1.165) is 23.4 Å². The Hall–Kier alpha value is -1.88. The maximum Gasteiger partial charge on any atom is 0.272 e. The third-order valence-electron chi connectivity index (χ3n) is 5.17. The minimum absolute atomic E-state index is 0.0591. The minimum Gasteiger partial charge on any atom is -0.346 e. The van der Waals surface area contributed by atoms with Crippen LogP contribution in [0.5, 0.6) is 0 Å². The molecule has 2 aliphatic rings. The summed E-state index contributed by atoms with van der Waals surface area (Å²) in [7, 11) is 2.19. The Morgan fingerprint density at radius 3 is 3.00 bits per heavy atom. The van der Waals surface area contributed by atoms with Crippen molar-refractivity contribution in [3.05, 3.63) is 30.0 Å². The number of hydrogen-bond acceptors (Lipinski definition) is 3. The Morgan fingerprint density at radius 2 is 2.10 bits per heavy atom. The number of aromatic amines is 1. The Bertz CT molecular complexity index is 680. The minimum atomic E-state index is -0.0591. The van der Waals surface area contributed by atoms with Gasteiger partial charge in [0.15, 0.2) is 5.69 Å². The van der Waals surface area contributed by atoms with Gasteiger partial charge in [-0.05, 0) is 38.8 Å². The fourth-order valence-corrected chi connectivity index (χ4v) is 3.98. The van der Waals surface area contributed by atoms with Crippen molar-refractivity contribution in [2.75, 3.05) is 7.05 Å². The van der Waals surface area contributed by atoms with E-state index in [-0.39, 0.29) is 11.9 Å². The predicted molar refractivity (Wildman–Crippen MR) is 81.2 cm³/mol. The van der Waals surface area contributed by atoms with E-state index >= 15 is 0 Å². The van der Waals surface area contributed by atoms with Crippen LogP contribution in [0.15, 0.2) is 24.3 Å². The van der Waals surface area contributed by atoms with Crippen molar-refractivity contribution < 1.29 is 4.79 Å². The molecule has 3 unspecified atom stereocenters. The smallest absolute Gasteiger partial charge is 0.272 e. The number of likely N-dealkylation sites (N-methyl/N-ethyl adjacent to an activating group) is 1. The van der Waals surface area contributed by atoms with Crippen LogP contribution in [0.2, 0.25) is 0 Å². The van der Waals surface area contributed by atoms with Gasteiger partial charge in [-0.15, -0.1) is 0 Å². The van der Waals surface area contributed by atoms with Gasteiger partial charge in [0.05, 0.1) is 5.52 Å². The molecule has 3 heterocycles. The van der Waals surface area contributed by atoms with E-state index in [0.29, 0.717) is 11.7 Å². The van der Waals surface area contributed by atoms with Crippen LogP contribution in [0.1, 0.15) is 36.2 Å². The first-order chi connectivity index (χ1) is 10.2. The number of benzene rings is 1. The normalized spacial score (nSPS) is 28.9. The molecule has 1 aromatic carbocycles. The summed E-state index contributed by atoms with van der Waals surface area (Å²) >= 11 is 0. The number of nitrogens with zero attached hydrogens (tertiary/aromatic N) is 2. The highest BCUT2D eigenvalue weighted by Gasteiger charge is 2.40. The summed E-state index contributed by atoms with van der Waals surface area (Å²) in [5.41, 5.74) is 1.41. The predicted octanol–water partition coefficient (Wildman–Crippen LogP) is 1.92. The fraction of sp³-hybridized carbons (Fsp3) is 0.500. The number of rotatable bonds is 2. The summed E-state index contributed by atoms with van der Waals surface area (Å²) in [6.07, 6.45) is 4.71. The third-order valence-corrected chi connectivity index (χ3v) is 5.17. The van der Waals surface area contributed by atoms with E-state index in [9.17, 15) is 4.79 Å². The summed E-state index contributed by atoms with van der Waals surface area (Å²) < 4.78 is 0. The van der Waals surface area contributed by atoms with Crippen LogP contribution in [0.25, 0.3) is 10.9 Å². The van der Waals surface area contributed by atoms with Crippen molar-refractivity contribution in [3.63, 3.8) is 0 Å². The number of fused-ring (bicyclic) bond motifs is 3. The van der Waals surface area contributed by atoms with Gasteiger partial charge in [-0.1, -0.05) is 18.2 Å². The van der Waals surface area contributed by atoms with Crippen LogP contribution in [-0.4, -0.2) is 46.2 Å². The van der Waals surface area contributed by atoms with E-state index in [1.54, 1.807) is 0 Å². The lowest BCUT2D eigenvalue weighted by Gasteiger charge is -2.37. The number of H-pyrrole nitrogens is 1. The second kappa shape index (κ2) is 4.84. The van der Waals surface area contributed by atoms with Crippen molar-refractivity contribution in [2.24, 2.45) is 0 Å². The molecule has 0 saturated carbocycles. The van der Waals surface area contributed by atoms with E-state index in [4.69, 9.17) is 0 Å². The number of para-hydroxylation sites is 1. The van der Waals surface area contributed by atoms with Gasteiger partial charge in [-0.25, -0.2) is 0 Å². The number of hydrogen-bond donors (Lipinski definition) is 2. The van der Waals surface area contributed by atoms with Crippen molar-refractivity contribution in [1.29, 1.82) is 0 Å². The molecule has 0 spiro atoms. The monoisotopic (exact) mass is 284 g/mol. The first-order valence-electron chi connectivity index (χ1n) is 7.70. The van der Waals surface area contributed by atoms with Gasteiger partial charge in [0.1, 0.15) is 0 Å². The Morgan fingerprint density at radius 1 is 1.29 bits per heavy atom. The molecule has 110 valence electrons. The zero-order chi connectivity index (χ0) is 14.4. The van der Waals surface area contributed by atoms with Crippen LogP contribution < -0.4 is 5.32 Å². The SMILES string of the molecule is CN1C2CCC(NC(=O)c3n[nH]c4ccccc34)C1CC2. The molecular weight excluding hydrogens is 264 g/mol. The van der Waals surface area contributed by atoms with E-state index in [2.05, 4.69) is 27.5 Å². The molecule has 2 aromatic rings. The number of carbonyl (C=O) groups excluding carboxylic acids is 1. The molecule has 5 nitrogen and oxygen atoms in total. The van der Waals surface area contributed by atoms with Crippen molar-refractivity contribution in [1.82, 2.24) is 20.4 Å². The lowest BCUT2D eigenvalue weighted by molar-refractivity contribution is 0.0852. The van der Waals surface area contributed by atoms with Gasteiger partial charge >= 0.3 is 0 Å². The number of amides is 1. The van der Waals surface area contributed by atoms with Crippen LogP contribution in [-0.2, 0) is 0 Å². The average molecular weight is 284 g/mol. The van der Waals surface area contributed by atoms with Gasteiger partial charge in [0.25, 0.3) is 5.91 Å². The van der Waals surface area contributed by atoms with E-state index in [1.165, 1.54) is 19.3 Å². The summed E-state index contributed by atoms with van der Waals surface area (Å²) in [4.78, 5) is 15.0. The summed E-state index contributed by atoms with van der Waals surface area (Å²) in [5, 5.41) is 11.2. The Kier molecular flexibility index (Phi) is 2.96. The standard InChI is InChI=1S/C16H20N4O/c1-20-10-6-8-13(14(20)9-7-10)17-16(21)15-11-4-2-3-5-12(11)18-19-15/h2-5,10,13-14H,6-9H2,1H3,(H,17,21)(H,18,19). The van der Waals surface area contributed by atoms with E-state index < -0.39 is 0 Å². The molecular formula is C16H20N4O. The number of nitrogens with one attached hydrogen (secondary N) is 2. The highest BCUT2D eigenvalue weighted by molar-refractivity contribution is 6.04. The van der Waals surface area contributed by atoms with Crippen LogP contribution in [0, 0.1) is 0 Å². The van der Waals surface area contributed by atoms with Crippen molar-refractivity contribution in [3.8, 4) is 0 Å². The first kappa shape index (κ1) is 12.8. The molecule has 5 heteroatoms. The highest BCUT2D eigenvalue weighted by atomic mass is 16.2.